The van der Waals surface area contributed by atoms with E-state index in [-0.39, 0.29) is 24.6 Å². The number of nitrogens with zero attached hydrogens (tertiary/aromatic N) is 4. The number of benzene rings is 2. The van der Waals surface area contributed by atoms with E-state index < -0.39 is 5.56 Å². The van der Waals surface area contributed by atoms with E-state index in [2.05, 4.69) is 4.98 Å². The van der Waals surface area contributed by atoms with Crippen molar-refractivity contribution in [3.05, 3.63) is 71.3 Å². The molecule has 0 fully saturated rings. The van der Waals surface area contributed by atoms with E-state index in [0.717, 1.165) is 5.39 Å². The third kappa shape index (κ3) is 2.93. The molecule has 2 heterocycles. The number of rotatable bonds is 4. The van der Waals surface area contributed by atoms with Crippen LogP contribution in [-0.2, 0) is 11.3 Å². The van der Waals surface area contributed by atoms with Crippen LogP contribution in [0.15, 0.2) is 70.1 Å². The van der Waals surface area contributed by atoms with Crippen molar-refractivity contribution in [2.45, 2.75) is 6.54 Å². The van der Waals surface area contributed by atoms with Crippen LogP contribution in [0.4, 0.5) is 5.69 Å². The second-order valence-corrected chi connectivity index (χ2v) is 5.93. The molecule has 0 bridgehead atoms. The number of fused-ring (bicyclic) bond motifs is 3. The number of carbonyl (C=O) groups excluding carboxylic acids is 1. The van der Waals surface area contributed by atoms with E-state index in [0.29, 0.717) is 16.8 Å². The van der Waals surface area contributed by atoms with Crippen LogP contribution >= 0.6 is 0 Å². The number of aromatic nitrogens is 2. The van der Waals surface area contributed by atoms with Gasteiger partial charge in [0.25, 0.3) is 5.56 Å². The number of para-hydroxylation sites is 2. The number of furan rings is 1. The van der Waals surface area contributed by atoms with Gasteiger partial charge in [0.1, 0.15) is 24.2 Å². The first kappa shape index (κ1) is 16.5. The smallest absolute Gasteiger partial charge is 0.297 e. The second kappa shape index (κ2) is 6.77. The van der Waals surface area contributed by atoms with Gasteiger partial charge in [-0.25, -0.2) is 4.98 Å². The summed E-state index contributed by atoms with van der Waals surface area (Å²) in [5.41, 5.74) is 1.30. The predicted octanol–water partition coefficient (Wildman–Crippen LogP) is 2.70. The molecule has 0 radical (unpaired) electrons. The van der Waals surface area contributed by atoms with Crippen LogP contribution in [0.1, 0.15) is 0 Å². The molecular weight excluding hydrogens is 344 g/mol. The molecule has 7 heteroatoms. The maximum Gasteiger partial charge on any atom is 0.297 e. The van der Waals surface area contributed by atoms with E-state index >= 15 is 0 Å². The van der Waals surface area contributed by atoms with E-state index in [1.54, 1.807) is 30.3 Å². The fraction of sp³-hybridized carbons (Fsp3) is 0.100. The molecular formula is C20H14N4O3. The molecule has 7 nitrogen and oxygen atoms in total. The molecule has 0 spiro atoms. The van der Waals surface area contributed by atoms with Gasteiger partial charge in [-0.2, -0.15) is 5.26 Å². The third-order valence-corrected chi connectivity index (χ3v) is 4.25. The highest BCUT2D eigenvalue weighted by molar-refractivity contribution is 6.01. The Morgan fingerprint density at radius 2 is 1.89 bits per heavy atom. The lowest BCUT2D eigenvalue weighted by Gasteiger charge is -2.20. The van der Waals surface area contributed by atoms with Crippen molar-refractivity contribution in [3.63, 3.8) is 0 Å². The lowest BCUT2D eigenvalue weighted by molar-refractivity contribution is -0.119. The van der Waals surface area contributed by atoms with Crippen molar-refractivity contribution in [2.75, 3.05) is 11.4 Å². The van der Waals surface area contributed by atoms with Gasteiger partial charge in [0.05, 0.1) is 12.4 Å². The summed E-state index contributed by atoms with van der Waals surface area (Å²) in [5.74, 6) is -0.387. The Morgan fingerprint density at radius 1 is 1.15 bits per heavy atom. The number of amides is 1. The Labute approximate surface area is 153 Å². The highest BCUT2D eigenvalue weighted by atomic mass is 16.3. The van der Waals surface area contributed by atoms with Crippen molar-refractivity contribution in [1.82, 2.24) is 9.55 Å². The topological polar surface area (TPSA) is 92.1 Å². The molecule has 4 rings (SSSR count). The number of anilines is 1. The SMILES string of the molecule is N#CCN(C(=O)Cn1cnc2c(oc3ccccc32)c1=O)c1ccccc1. The molecule has 0 saturated carbocycles. The molecule has 0 N–H and O–H groups in total. The highest BCUT2D eigenvalue weighted by Gasteiger charge is 2.19. The van der Waals surface area contributed by atoms with Crippen LogP contribution in [0.5, 0.6) is 0 Å². The van der Waals surface area contributed by atoms with Crippen LogP contribution in [0.25, 0.3) is 22.1 Å². The number of nitriles is 1. The van der Waals surface area contributed by atoms with E-state index in [1.807, 2.05) is 30.3 Å². The lowest BCUT2D eigenvalue weighted by Crippen LogP contribution is -2.36. The first-order chi connectivity index (χ1) is 13.2. The Balaban J connectivity index is 1.71. The molecule has 0 aliphatic heterocycles. The molecule has 2 aromatic heterocycles. The monoisotopic (exact) mass is 358 g/mol. The third-order valence-electron chi connectivity index (χ3n) is 4.25. The fourth-order valence-corrected chi connectivity index (χ4v) is 2.96. The largest absolute Gasteiger partial charge is 0.448 e. The van der Waals surface area contributed by atoms with Gasteiger partial charge in [-0.15, -0.1) is 0 Å². The average molecular weight is 358 g/mol. The summed E-state index contributed by atoms with van der Waals surface area (Å²) >= 11 is 0. The summed E-state index contributed by atoms with van der Waals surface area (Å²) in [5, 5.41) is 9.80. The zero-order valence-corrected chi connectivity index (χ0v) is 14.2. The summed E-state index contributed by atoms with van der Waals surface area (Å²) in [7, 11) is 0. The molecule has 132 valence electrons. The Hall–Kier alpha value is -3.92. The van der Waals surface area contributed by atoms with Gasteiger partial charge < -0.3 is 4.42 Å². The number of hydrogen-bond acceptors (Lipinski definition) is 5. The van der Waals surface area contributed by atoms with Crippen molar-refractivity contribution in [1.29, 1.82) is 5.26 Å². The minimum atomic E-state index is -0.436. The molecule has 0 aliphatic rings. The molecule has 0 atom stereocenters. The van der Waals surface area contributed by atoms with Crippen LogP contribution in [0.3, 0.4) is 0 Å². The zero-order chi connectivity index (χ0) is 18.8. The van der Waals surface area contributed by atoms with Crippen molar-refractivity contribution < 1.29 is 9.21 Å². The molecule has 0 unspecified atom stereocenters. The Kier molecular flexibility index (Phi) is 4.15. The first-order valence-electron chi connectivity index (χ1n) is 8.28. The van der Waals surface area contributed by atoms with Gasteiger partial charge in [0.2, 0.25) is 11.5 Å². The van der Waals surface area contributed by atoms with Gasteiger partial charge in [-0.3, -0.25) is 19.1 Å². The highest BCUT2D eigenvalue weighted by Crippen LogP contribution is 2.24. The van der Waals surface area contributed by atoms with Crippen molar-refractivity contribution in [2.24, 2.45) is 0 Å². The van der Waals surface area contributed by atoms with Gasteiger partial charge in [-0.05, 0) is 24.3 Å². The standard InChI is InChI=1S/C20H14N4O3/c21-10-11-24(14-6-2-1-3-7-14)17(25)12-23-13-22-18-15-8-4-5-9-16(15)27-19(18)20(23)26/h1-9,13H,11-12H2. The summed E-state index contributed by atoms with van der Waals surface area (Å²) in [4.78, 5) is 31.1. The number of carbonyl (C=O) groups is 1. The number of hydrogen-bond donors (Lipinski definition) is 0. The zero-order valence-electron chi connectivity index (χ0n) is 14.2. The first-order valence-corrected chi connectivity index (χ1v) is 8.28. The minimum Gasteiger partial charge on any atom is -0.448 e. The summed E-state index contributed by atoms with van der Waals surface area (Å²) in [6, 6.07) is 18.1. The normalized spacial score (nSPS) is 10.8. The average Bonchev–Trinajstić information content (AvgIpc) is 3.08. The quantitative estimate of drug-likeness (QED) is 0.523. The molecule has 4 aromatic rings. The van der Waals surface area contributed by atoms with Gasteiger partial charge in [0, 0.05) is 11.1 Å². The summed E-state index contributed by atoms with van der Waals surface area (Å²) in [6.45, 7) is -0.354. The summed E-state index contributed by atoms with van der Waals surface area (Å²) < 4.78 is 6.82. The van der Waals surface area contributed by atoms with Crippen LogP contribution in [0.2, 0.25) is 0 Å². The fourth-order valence-electron chi connectivity index (χ4n) is 2.96. The predicted molar refractivity (Wildman–Crippen MR) is 100 cm³/mol. The molecule has 1 amide bonds. The second-order valence-electron chi connectivity index (χ2n) is 5.93. The Bertz CT molecular complexity index is 1240. The van der Waals surface area contributed by atoms with Gasteiger partial charge in [0.15, 0.2) is 0 Å². The van der Waals surface area contributed by atoms with E-state index in [9.17, 15) is 9.59 Å². The van der Waals surface area contributed by atoms with Crippen LogP contribution in [0, 0.1) is 11.3 Å². The molecule has 0 aliphatic carbocycles. The van der Waals surface area contributed by atoms with E-state index in [4.69, 9.17) is 9.68 Å². The molecule has 0 saturated heterocycles. The maximum absolute atomic E-state index is 12.7. The van der Waals surface area contributed by atoms with Crippen molar-refractivity contribution >= 4 is 33.7 Å². The molecule has 27 heavy (non-hydrogen) atoms. The minimum absolute atomic E-state index is 0.109. The van der Waals surface area contributed by atoms with Gasteiger partial charge in [-0.1, -0.05) is 30.3 Å². The van der Waals surface area contributed by atoms with Crippen LogP contribution < -0.4 is 10.5 Å². The lowest BCUT2D eigenvalue weighted by atomic mass is 10.2. The van der Waals surface area contributed by atoms with Crippen molar-refractivity contribution in [3.8, 4) is 6.07 Å². The summed E-state index contributed by atoms with van der Waals surface area (Å²) in [6.07, 6.45) is 1.33. The van der Waals surface area contributed by atoms with E-state index in [1.165, 1.54) is 15.8 Å². The maximum atomic E-state index is 12.7. The molecule has 2 aromatic carbocycles. The van der Waals surface area contributed by atoms with Gasteiger partial charge >= 0.3 is 0 Å². The van der Waals surface area contributed by atoms with Crippen LogP contribution in [-0.4, -0.2) is 22.0 Å². The Morgan fingerprint density at radius 3 is 2.67 bits per heavy atom.